The van der Waals surface area contributed by atoms with E-state index in [1.165, 1.54) is 17.5 Å². The number of hydrogen-bond donors (Lipinski definition) is 3. The highest BCUT2D eigenvalue weighted by atomic mass is 16.3. The summed E-state index contributed by atoms with van der Waals surface area (Å²) in [5.74, 6) is 0.651. The van der Waals surface area contributed by atoms with Gasteiger partial charge in [0.15, 0.2) is 0 Å². The van der Waals surface area contributed by atoms with Gasteiger partial charge in [0.05, 0.1) is 6.10 Å². The van der Waals surface area contributed by atoms with Gasteiger partial charge in [0, 0.05) is 11.7 Å². The van der Waals surface area contributed by atoms with Crippen LogP contribution in [0.3, 0.4) is 0 Å². The number of aliphatic hydroxyl groups excluding tert-OH is 1. The first-order valence-corrected chi connectivity index (χ1v) is 7.02. The predicted octanol–water partition coefficient (Wildman–Crippen LogP) is 2.01. The molecule has 98 valence electrons. The van der Waals surface area contributed by atoms with E-state index in [4.69, 9.17) is 5.73 Å². The molecule has 2 aliphatic rings. The second-order valence-electron chi connectivity index (χ2n) is 5.79. The number of hydrogen-bond acceptors (Lipinski definition) is 3. The highest BCUT2D eigenvalue weighted by Gasteiger charge is 2.26. The molecule has 0 radical (unpaired) electrons. The summed E-state index contributed by atoms with van der Waals surface area (Å²) in [5, 5.41) is 13.2. The third-order valence-corrected chi connectivity index (χ3v) is 4.41. The van der Waals surface area contributed by atoms with E-state index >= 15 is 0 Å². The van der Waals surface area contributed by atoms with Crippen molar-refractivity contribution in [2.24, 2.45) is 5.92 Å². The lowest BCUT2D eigenvalue weighted by molar-refractivity contribution is 0.177. The van der Waals surface area contributed by atoms with Crippen molar-refractivity contribution >= 4 is 5.69 Å². The molecule has 0 heterocycles. The van der Waals surface area contributed by atoms with Crippen molar-refractivity contribution in [2.75, 3.05) is 12.3 Å². The molecule has 1 aromatic rings. The number of nitrogens with two attached hydrogens (primary N) is 1. The molecular formula is C15H22N2O. The van der Waals surface area contributed by atoms with Crippen molar-refractivity contribution in [3.63, 3.8) is 0 Å². The fourth-order valence-corrected chi connectivity index (χ4v) is 3.39. The normalized spacial score (nSPS) is 30.6. The van der Waals surface area contributed by atoms with Crippen LogP contribution in [0, 0.1) is 5.92 Å². The summed E-state index contributed by atoms with van der Waals surface area (Å²) < 4.78 is 0. The van der Waals surface area contributed by atoms with Gasteiger partial charge in [0.25, 0.3) is 0 Å². The fraction of sp³-hybridized carbons (Fsp3) is 0.600. The van der Waals surface area contributed by atoms with E-state index in [-0.39, 0.29) is 6.10 Å². The first-order valence-electron chi connectivity index (χ1n) is 7.02. The van der Waals surface area contributed by atoms with Gasteiger partial charge in [0.2, 0.25) is 0 Å². The number of fused-ring (bicyclic) bond motifs is 1. The summed E-state index contributed by atoms with van der Waals surface area (Å²) >= 11 is 0. The van der Waals surface area contributed by atoms with Gasteiger partial charge in [-0.2, -0.15) is 0 Å². The Bertz CT molecular complexity index is 433. The van der Waals surface area contributed by atoms with Gasteiger partial charge >= 0.3 is 0 Å². The zero-order valence-electron chi connectivity index (χ0n) is 10.7. The number of anilines is 1. The molecule has 0 spiro atoms. The van der Waals surface area contributed by atoms with Gasteiger partial charge in [-0.05, 0) is 67.8 Å². The van der Waals surface area contributed by atoms with Gasteiger partial charge in [-0.25, -0.2) is 0 Å². The summed E-state index contributed by atoms with van der Waals surface area (Å²) in [6.45, 7) is 1.03. The lowest BCUT2D eigenvalue weighted by atomic mass is 10.1. The lowest BCUT2D eigenvalue weighted by Crippen LogP contribution is -2.25. The maximum absolute atomic E-state index is 9.54. The third kappa shape index (κ3) is 2.38. The van der Waals surface area contributed by atoms with E-state index in [2.05, 4.69) is 17.4 Å². The van der Waals surface area contributed by atoms with Crippen molar-refractivity contribution in [3.05, 3.63) is 29.3 Å². The second kappa shape index (κ2) is 4.90. The smallest absolute Gasteiger partial charge is 0.0543 e. The zero-order valence-corrected chi connectivity index (χ0v) is 10.7. The van der Waals surface area contributed by atoms with E-state index in [0.717, 1.165) is 37.9 Å². The van der Waals surface area contributed by atoms with Crippen molar-refractivity contribution < 1.29 is 5.11 Å². The molecule has 3 nitrogen and oxygen atoms in total. The molecule has 2 aliphatic carbocycles. The number of aliphatic hydroxyl groups is 1. The van der Waals surface area contributed by atoms with Crippen LogP contribution in [-0.4, -0.2) is 17.8 Å². The maximum atomic E-state index is 9.54. The van der Waals surface area contributed by atoms with Crippen LogP contribution >= 0.6 is 0 Å². The molecule has 0 amide bonds. The first-order chi connectivity index (χ1) is 8.72. The molecule has 3 heteroatoms. The number of rotatable bonds is 3. The van der Waals surface area contributed by atoms with Crippen molar-refractivity contribution in [1.82, 2.24) is 5.32 Å². The van der Waals surface area contributed by atoms with Crippen LogP contribution in [0.5, 0.6) is 0 Å². The minimum absolute atomic E-state index is 0.0625. The monoisotopic (exact) mass is 246 g/mol. The van der Waals surface area contributed by atoms with Gasteiger partial charge in [-0.3, -0.25) is 0 Å². The van der Waals surface area contributed by atoms with Crippen LogP contribution in [0.25, 0.3) is 0 Å². The van der Waals surface area contributed by atoms with Crippen molar-refractivity contribution in [1.29, 1.82) is 0 Å². The first kappa shape index (κ1) is 12.0. The highest BCUT2D eigenvalue weighted by molar-refractivity contribution is 5.47. The van der Waals surface area contributed by atoms with Crippen LogP contribution in [0.1, 0.15) is 42.9 Å². The standard InChI is InChI=1S/C15H22N2O/c16-12-3-5-14-11(8-12)2-6-15(14)17-9-10-1-4-13(18)7-10/h3,5,8,10,13,15,17-18H,1-2,4,6-7,9,16H2. The maximum Gasteiger partial charge on any atom is 0.0543 e. The average Bonchev–Trinajstić information content (AvgIpc) is 2.92. The SMILES string of the molecule is Nc1ccc2c(c1)CCC2NCC1CCC(O)C1. The minimum Gasteiger partial charge on any atom is -0.399 e. The lowest BCUT2D eigenvalue weighted by Gasteiger charge is -2.17. The summed E-state index contributed by atoms with van der Waals surface area (Å²) in [4.78, 5) is 0. The van der Waals surface area contributed by atoms with Gasteiger partial charge in [-0.1, -0.05) is 6.07 Å². The number of nitrogen functional groups attached to an aromatic ring is 1. The van der Waals surface area contributed by atoms with Crippen molar-refractivity contribution in [2.45, 2.75) is 44.2 Å². The summed E-state index contributed by atoms with van der Waals surface area (Å²) in [5.41, 5.74) is 9.51. The Labute approximate surface area is 108 Å². The largest absolute Gasteiger partial charge is 0.399 e. The molecule has 18 heavy (non-hydrogen) atoms. The van der Waals surface area contributed by atoms with E-state index in [0.29, 0.717) is 12.0 Å². The number of aryl methyl sites for hydroxylation is 1. The molecule has 1 aromatic carbocycles. The van der Waals surface area contributed by atoms with Crippen LogP contribution in [-0.2, 0) is 6.42 Å². The van der Waals surface area contributed by atoms with Crippen molar-refractivity contribution in [3.8, 4) is 0 Å². The van der Waals surface area contributed by atoms with Crippen LogP contribution in [0.2, 0.25) is 0 Å². The van der Waals surface area contributed by atoms with E-state index in [9.17, 15) is 5.11 Å². The Balaban J connectivity index is 1.59. The van der Waals surface area contributed by atoms with Crippen LogP contribution in [0.4, 0.5) is 5.69 Å². The molecule has 0 saturated heterocycles. The Morgan fingerprint density at radius 2 is 2.17 bits per heavy atom. The average molecular weight is 246 g/mol. The molecule has 1 fully saturated rings. The fourth-order valence-electron chi connectivity index (χ4n) is 3.39. The summed E-state index contributed by atoms with van der Waals surface area (Å²) in [6, 6.07) is 6.76. The topological polar surface area (TPSA) is 58.3 Å². The Kier molecular flexibility index (Phi) is 3.27. The Morgan fingerprint density at radius 1 is 1.28 bits per heavy atom. The third-order valence-electron chi connectivity index (χ3n) is 4.41. The highest BCUT2D eigenvalue weighted by Crippen LogP contribution is 2.33. The Hall–Kier alpha value is -1.06. The number of nitrogens with one attached hydrogen (secondary N) is 1. The minimum atomic E-state index is -0.0625. The molecule has 3 atom stereocenters. The molecule has 0 aliphatic heterocycles. The predicted molar refractivity (Wildman–Crippen MR) is 73.3 cm³/mol. The van der Waals surface area contributed by atoms with Crippen LogP contribution in [0.15, 0.2) is 18.2 Å². The van der Waals surface area contributed by atoms with Crippen LogP contribution < -0.4 is 11.1 Å². The van der Waals surface area contributed by atoms with E-state index in [1.807, 2.05) is 6.07 Å². The quantitative estimate of drug-likeness (QED) is 0.715. The van der Waals surface area contributed by atoms with Gasteiger partial charge in [0.1, 0.15) is 0 Å². The molecule has 3 unspecified atom stereocenters. The second-order valence-corrected chi connectivity index (χ2v) is 5.79. The zero-order chi connectivity index (χ0) is 12.5. The van der Waals surface area contributed by atoms with E-state index in [1.54, 1.807) is 0 Å². The number of benzene rings is 1. The van der Waals surface area contributed by atoms with E-state index < -0.39 is 0 Å². The van der Waals surface area contributed by atoms with Gasteiger partial charge in [-0.15, -0.1) is 0 Å². The molecule has 1 saturated carbocycles. The van der Waals surface area contributed by atoms with Gasteiger partial charge < -0.3 is 16.2 Å². The summed E-state index contributed by atoms with van der Waals surface area (Å²) in [7, 11) is 0. The molecular weight excluding hydrogens is 224 g/mol. The summed E-state index contributed by atoms with van der Waals surface area (Å²) in [6.07, 6.45) is 5.35. The molecule has 0 bridgehead atoms. The molecule has 3 rings (SSSR count). The molecule has 0 aromatic heterocycles. The molecule has 4 N–H and O–H groups in total. The Morgan fingerprint density at radius 3 is 2.94 bits per heavy atom.